The summed E-state index contributed by atoms with van der Waals surface area (Å²) in [6.07, 6.45) is 3.83. The summed E-state index contributed by atoms with van der Waals surface area (Å²) >= 11 is 5.53. The van der Waals surface area contributed by atoms with E-state index in [0.29, 0.717) is 0 Å². The summed E-state index contributed by atoms with van der Waals surface area (Å²) in [5.74, 6) is 0.879. The smallest absolute Gasteiger partial charge is 0.0494 e. The van der Waals surface area contributed by atoms with E-state index in [1.807, 2.05) is 6.92 Å². The molecule has 0 aromatic heterocycles. The molecule has 82 valence electrons. The maximum absolute atomic E-state index is 5.53. The monoisotopic (exact) mass is 217 g/mol. The van der Waals surface area contributed by atoms with E-state index in [4.69, 9.17) is 16.3 Å². The van der Waals surface area contributed by atoms with Gasteiger partial charge in [-0.1, -0.05) is 11.6 Å². The molecule has 0 bridgehead atoms. The molecule has 0 atom stereocenters. The maximum atomic E-state index is 5.53. The van der Waals surface area contributed by atoms with Crippen molar-refractivity contribution < 1.29 is 4.74 Å². The lowest BCUT2D eigenvalue weighted by molar-refractivity contribution is 0.122. The van der Waals surface area contributed by atoms with Crippen LogP contribution in [-0.2, 0) is 4.74 Å². The third-order valence-electron chi connectivity index (χ3n) is 2.28. The zero-order valence-corrected chi connectivity index (χ0v) is 9.65. The van der Waals surface area contributed by atoms with Crippen LogP contribution in [0.2, 0.25) is 0 Å². The molecule has 1 saturated carbocycles. The standard InChI is InChI=1S/C11H20ClNO/c1-10(7-12)8-13-5-2-6-14-9-11-3-4-11/h7,11,13H,2-6,8-9H2,1H3. The van der Waals surface area contributed by atoms with E-state index >= 15 is 0 Å². The fourth-order valence-electron chi connectivity index (χ4n) is 1.16. The summed E-state index contributed by atoms with van der Waals surface area (Å²) in [5, 5.41) is 3.31. The van der Waals surface area contributed by atoms with Gasteiger partial charge in [0.05, 0.1) is 0 Å². The molecule has 1 rings (SSSR count). The molecule has 14 heavy (non-hydrogen) atoms. The number of nitrogens with one attached hydrogen (secondary N) is 1. The predicted molar refractivity (Wildman–Crippen MR) is 60.6 cm³/mol. The fourth-order valence-corrected chi connectivity index (χ4v) is 1.24. The highest BCUT2D eigenvalue weighted by molar-refractivity contribution is 6.25. The van der Waals surface area contributed by atoms with Crippen molar-refractivity contribution in [3.05, 3.63) is 11.1 Å². The van der Waals surface area contributed by atoms with Crippen LogP contribution in [0.5, 0.6) is 0 Å². The quantitative estimate of drug-likeness (QED) is 0.631. The number of hydrogen-bond acceptors (Lipinski definition) is 2. The third-order valence-corrected chi connectivity index (χ3v) is 2.66. The molecule has 0 heterocycles. The average Bonchev–Trinajstić information content (AvgIpc) is 2.99. The SMILES string of the molecule is CC(=CCl)CNCCCOCC1CC1. The second-order valence-corrected chi connectivity index (χ2v) is 4.22. The molecular formula is C11H20ClNO. The van der Waals surface area contributed by atoms with Crippen LogP contribution in [0.3, 0.4) is 0 Å². The Morgan fingerprint density at radius 1 is 1.57 bits per heavy atom. The van der Waals surface area contributed by atoms with Gasteiger partial charge in [0, 0.05) is 25.3 Å². The third kappa shape index (κ3) is 6.41. The first-order chi connectivity index (χ1) is 6.83. The number of hydrogen-bond donors (Lipinski definition) is 1. The molecule has 1 fully saturated rings. The van der Waals surface area contributed by atoms with Crippen molar-refractivity contribution in [3.63, 3.8) is 0 Å². The van der Waals surface area contributed by atoms with Crippen molar-refractivity contribution in [1.29, 1.82) is 0 Å². The number of ether oxygens (including phenoxy) is 1. The van der Waals surface area contributed by atoms with Gasteiger partial charge in [0.15, 0.2) is 0 Å². The van der Waals surface area contributed by atoms with Gasteiger partial charge < -0.3 is 10.1 Å². The lowest BCUT2D eigenvalue weighted by Gasteiger charge is -2.05. The van der Waals surface area contributed by atoms with Gasteiger partial charge in [-0.2, -0.15) is 0 Å². The van der Waals surface area contributed by atoms with Gasteiger partial charge >= 0.3 is 0 Å². The first kappa shape index (κ1) is 12.0. The van der Waals surface area contributed by atoms with Crippen LogP contribution in [0.1, 0.15) is 26.2 Å². The van der Waals surface area contributed by atoms with Crippen LogP contribution in [0.15, 0.2) is 11.1 Å². The predicted octanol–water partition coefficient (Wildman–Crippen LogP) is 2.54. The van der Waals surface area contributed by atoms with Gasteiger partial charge in [-0.25, -0.2) is 0 Å². The maximum Gasteiger partial charge on any atom is 0.0494 e. The second kappa shape index (κ2) is 7.27. The summed E-state index contributed by atoms with van der Waals surface area (Å²) in [6.45, 7) is 5.76. The zero-order chi connectivity index (χ0) is 10.2. The first-order valence-corrected chi connectivity index (χ1v) is 5.81. The van der Waals surface area contributed by atoms with Crippen LogP contribution in [0, 0.1) is 5.92 Å². The zero-order valence-electron chi connectivity index (χ0n) is 8.89. The Hall–Kier alpha value is -0.0500. The highest BCUT2D eigenvalue weighted by atomic mass is 35.5. The summed E-state index contributed by atoms with van der Waals surface area (Å²) in [6, 6.07) is 0. The van der Waals surface area contributed by atoms with Crippen molar-refractivity contribution in [1.82, 2.24) is 5.32 Å². The summed E-state index contributed by atoms with van der Waals surface area (Å²) in [4.78, 5) is 0. The molecule has 1 N–H and O–H groups in total. The Labute approximate surface area is 91.7 Å². The van der Waals surface area contributed by atoms with Crippen molar-refractivity contribution in [2.75, 3.05) is 26.3 Å². The van der Waals surface area contributed by atoms with E-state index < -0.39 is 0 Å². The van der Waals surface area contributed by atoms with Gasteiger partial charge in [0.2, 0.25) is 0 Å². The Morgan fingerprint density at radius 3 is 3.00 bits per heavy atom. The normalized spacial score (nSPS) is 17.4. The van der Waals surface area contributed by atoms with Crippen LogP contribution in [-0.4, -0.2) is 26.3 Å². The minimum absolute atomic E-state index is 0.879. The molecule has 3 heteroatoms. The molecule has 0 aromatic rings. The molecule has 2 nitrogen and oxygen atoms in total. The fraction of sp³-hybridized carbons (Fsp3) is 0.818. The van der Waals surface area contributed by atoms with Crippen molar-refractivity contribution in [3.8, 4) is 0 Å². The molecule has 0 aromatic carbocycles. The Balaban J connectivity index is 1.74. The number of halogens is 1. The van der Waals surface area contributed by atoms with Crippen molar-refractivity contribution in [2.45, 2.75) is 26.2 Å². The minimum atomic E-state index is 0.879. The second-order valence-electron chi connectivity index (χ2n) is 4.00. The molecule has 0 spiro atoms. The Morgan fingerprint density at radius 2 is 2.36 bits per heavy atom. The molecule has 0 unspecified atom stereocenters. The highest BCUT2D eigenvalue weighted by Gasteiger charge is 2.20. The van der Waals surface area contributed by atoms with E-state index in [1.165, 1.54) is 18.4 Å². The van der Waals surface area contributed by atoms with Gasteiger partial charge in [0.25, 0.3) is 0 Å². The van der Waals surface area contributed by atoms with Crippen LogP contribution >= 0.6 is 11.6 Å². The van der Waals surface area contributed by atoms with Crippen molar-refractivity contribution in [2.24, 2.45) is 5.92 Å². The molecule has 0 saturated heterocycles. The van der Waals surface area contributed by atoms with Crippen LogP contribution < -0.4 is 5.32 Å². The largest absolute Gasteiger partial charge is 0.381 e. The Kier molecular flexibility index (Phi) is 6.24. The van der Waals surface area contributed by atoms with Gasteiger partial charge in [-0.3, -0.25) is 0 Å². The van der Waals surface area contributed by atoms with E-state index in [0.717, 1.165) is 38.6 Å². The van der Waals surface area contributed by atoms with E-state index in [-0.39, 0.29) is 0 Å². The van der Waals surface area contributed by atoms with Crippen LogP contribution in [0.25, 0.3) is 0 Å². The van der Waals surface area contributed by atoms with E-state index in [1.54, 1.807) is 5.54 Å². The topological polar surface area (TPSA) is 21.3 Å². The minimum Gasteiger partial charge on any atom is -0.381 e. The Bertz CT molecular complexity index is 178. The molecular weight excluding hydrogens is 198 g/mol. The summed E-state index contributed by atoms with van der Waals surface area (Å²) < 4.78 is 5.51. The lowest BCUT2D eigenvalue weighted by atomic mass is 10.3. The molecule has 1 aliphatic carbocycles. The molecule has 0 amide bonds. The van der Waals surface area contributed by atoms with E-state index in [9.17, 15) is 0 Å². The highest BCUT2D eigenvalue weighted by Crippen LogP contribution is 2.28. The summed E-state index contributed by atoms with van der Waals surface area (Å²) in [5.41, 5.74) is 2.79. The summed E-state index contributed by atoms with van der Waals surface area (Å²) in [7, 11) is 0. The number of rotatable bonds is 8. The first-order valence-electron chi connectivity index (χ1n) is 5.37. The average molecular weight is 218 g/mol. The molecule has 0 aliphatic heterocycles. The lowest BCUT2D eigenvalue weighted by Crippen LogP contribution is -2.18. The molecule has 1 aliphatic rings. The van der Waals surface area contributed by atoms with Gasteiger partial charge in [-0.15, -0.1) is 0 Å². The van der Waals surface area contributed by atoms with E-state index in [2.05, 4.69) is 5.32 Å². The van der Waals surface area contributed by atoms with Gasteiger partial charge in [-0.05, 0) is 44.2 Å². The van der Waals surface area contributed by atoms with Gasteiger partial charge in [0.1, 0.15) is 0 Å². The molecule has 0 radical (unpaired) electrons. The van der Waals surface area contributed by atoms with Crippen molar-refractivity contribution >= 4 is 11.6 Å². The van der Waals surface area contributed by atoms with Crippen LogP contribution in [0.4, 0.5) is 0 Å².